The van der Waals surface area contributed by atoms with Gasteiger partial charge < -0.3 is 9.84 Å². The summed E-state index contributed by atoms with van der Waals surface area (Å²) >= 11 is 0. The van der Waals surface area contributed by atoms with Gasteiger partial charge in [-0.2, -0.15) is 0 Å². The molecule has 1 rings (SSSR count). The number of rotatable bonds is 4. The number of esters is 1. The summed E-state index contributed by atoms with van der Waals surface area (Å²) in [4.78, 5) is 22.5. The molecule has 0 aromatic carbocycles. The maximum Gasteiger partial charge on any atom is 0.309 e. The Kier molecular flexibility index (Phi) is 4.59. The summed E-state index contributed by atoms with van der Waals surface area (Å²) in [6.45, 7) is 2.31. The number of carbonyl (C=O) groups excluding carboxylic acids is 1. The van der Waals surface area contributed by atoms with Crippen molar-refractivity contribution in [3.63, 3.8) is 0 Å². The largest absolute Gasteiger partial charge is 0.481 e. The molecule has 1 aliphatic rings. The van der Waals surface area contributed by atoms with E-state index in [9.17, 15) is 9.59 Å². The standard InChI is InChI=1S/C11H18O4/c1-2-7-15-11(14)9-6-4-3-5-8(9)10(12)13/h8-9H,2-7H2,1H3,(H,12,13). The fourth-order valence-electron chi connectivity index (χ4n) is 2.02. The lowest BCUT2D eigenvalue weighted by molar-refractivity contribution is -0.159. The fourth-order valence-corrected chi connectivity index (χ4v) is 2.02. The molecule has 86 valence electrons. The van der Waals surface area contributed by atoms with Gasteiger partial charge in [0, 0.05) is 0 Å². The molecule has 2 unspecified atom stereocenters. The molecule has 0 heterocycles. The minimum Gasteiger partial charge on any atom is -0.481 e. The number of ether oxygens (including phenoxy) is 1. The van der Waals surface area contributed by atoms with Crippen LogP contribution in [0.5, 0.6) is 0 Å². The SMILES string of the molecule is CCCOC(=O)C1CCCCC1C(=O)O. The molecule has 0 radical (unpaired) electrons. The smallest absolute Gasteiger partial charge is 0.309 e. The quantitative estimate of drug-likeness (QED) is 0.725. The number of aliphatic carboxylic acids is 1. The van der Waals surface area contributed by atoms with E-state index in [1.807, 2.05) is 6.92 Å². The monoisotopic (exact) mass is 214 g/mol. The minimum absolute atomic E-state index is 0.330. The van der Waals surface area contributed by atoms with Gasteiger partial charge in [-0.05, 0) is 19.3 Å². The Hall–Kier alpha value is -1.06. The van der Waals surface area contributed by atoms with E-state index in [0.29, 0.717) is 19.4 Å². The van der Waals surface area contributed by atoms with E-state index in [4.69, 9.17) is 9.84 Å². The van der Waals surface area contributed by atoms with Gasteiger partial charge in [-0.1, -0.05) is 19.8 Å². The molecule has 1 aliphatic carbocycles. The molecule has 1 fully saturated rings. The zero-order chi connectivity index (χ0) is 11.3. The van der Waals surface area contributed by atoms with Crippen LogP contribution in [0.3, 0.4) is 0 Å². The van der Waals surface area contributed by atoms with Crippen molar-refractivity contribution in [2.24, 2.45) is 11.8 Å². The Balaban J connectivity index is 2.55. The third-order valence-corrected chi connectivity index (χ3v) is 2.83. The maximum atomic E-state index is 11.6. The van der Waals surface area contributed by atoms with Crippen molar-refractivity contribution >= 4 is 11.9 Å². The van der Waals surface area contributed by atoms with Gasteiger partial charge in [0.25, 0.3) is 0 Å². The molecule has 1 N–H and O–H groups in total. The maximum absolute atomic E-state index is 11.6. The highest BCUT2D eigenvalue weighted by Crippen LogP contribution is 2.31. The molecule has 15 heavy (non-hydrogen) atoms. The molecule has 0 aromatic rings. The van der Waals surface area contributed by atoms with Gasteiger partial charge in [-0.15, -0.1) is 0 Å². The van der Waals surface area contributed by atoms with E-state index in [1.54, 1.807) is 0 Å². The molecule has 0 amide bonds. The highest BCUT2D eigenvalue weighted by Gasteiger charge is 2.36. The van der Waals surface area contributed by atoms with Gasteiger partial charge in [0.15, 0.2) is 0 Å². The summed E-state index contributed by atoms with van der Waals surface area (Å²) in [7, 11) is 0. The van der Waals surface area contributed by atoms with Crippen LogP contribution >= 0.6 is 0 Å². The Labute approximate surface area is 89.6 Å². The first-order valence-electron chi connectivity index (χ1n) is 5.56. The third-order valence-electron chi connectivity index (χ3n) is 2.83. The summed E-state index contributed by atoms with van der Waals surface area (Å²) in [6, 6.07) is 0. The third kappa shape index (κ3) is 3.22. The molecule has 1 saturated carbocycles. The molecule has 4 nitrogen and oxygen atoms in total. The Morgan fingerprint density at radius 3 is 2.40 bits per heavy atom. The predicted molar refractivity (Wildman–Crippen MR) is 54.3 cm³/mol. The topological polar surface area (TPSA) is 63.6 Å². The van der Waals surface area contributed by atoms with E-state index >= 15 is 0 Å². The molecule has 0 aliphatic heterocycles. The van der Waals surface area contributed by atoms with Gasteiger partial charge in [-0.3, -0.25) is 9.59 Å². The van der Waals surface area contributed by atoms with Crippen molar-refractivity contribution in [3.8, 4) is 0 Å². The van der Waals surface area contributed by atoms with Crippen LogP contribution in [0.25, 0.3) is 0 Å². The highest BCUT2D eigenvalue weighted by molar-refractivity contribution is 5.81. The van der Waals surface area contributed by atoms with Crippen LogP contribution < -0.4 is 0 Å². The van der Waals surface area contributed by atoms with Crippen LogP contribution in [0.15, 0.2) is 0 Å². The first-order valence-corrected chi connectivity index (χ1v) is 5.56. The first kappa shape index (κ1) is 12.0. The number of carboxylic acid groups (broad SMARTS) is 1. The van der Waals surface area contributed by atoms with Crippen molar-refractivity contribution in [1.82, 2.24) is 0 Å². The Bertz CT molecular complexity index is 237. The number of hydrogen-bond donors (Lipinski definition) is 1. The van der Waals surface area contributed by atoms with Crippen molar-refractivity contribution in [1.29, 1.82) is 0 Å². The molecule has 0 aromatic heterocycles. The van der Waals surface area contributed by atoms with Crippen LogP contribution in [0.1, 0.15) is 39.0 Å². The number of carbonyl (C=O) groups is 2. The molecule has 0 saturated heterocycles. The van der Waals surface area contributed by atoms with Crippen molar-refractivity contribution in [2.75, 3.05) is 6.61 Å². The van der Waals surface area contributed by atoms with Crippen LogP contribution in [-0.4, -0.2) is 23.7 Å². The van der Waals surface area contributed by atoms with Gasteiger partial charge in [-0.25, -0.2) is 0 Å². The minimum atomic E-state index is -0.867. The Morgan fingerprint density at radius 2 is 1.87 bits per heavy atom. The summed E-state index contributed by atoms with van der Waals surface area (Å²) in [6.07, 6.45) is 3.85. The second-order valence-electron chi connectivity index (χ2n) is 4.00. The molecule has 0 bridgehead atoms. The number of carboxylic acids is 1. The van der Waals surface area contributed by atoms with Gasteiger partial charge in [0.05, 0.1) is 18.4 Å². The second-order valence-corrected chi connectivity index (χ2v) is 4.00. The molecular formula is C11H18O4. The molecule has 4 heteroatoms. The van der Waals surface area contributed by atoms with E-state index in [2.05, 4.69) is 0 Å². The fraction of sp³-hybridized carbons (Fsp3) is 0.818. The lowest BCUT2D eigenvalue weighted by atomic mass is 9.79. The summed E-state index contributed by atoms with van der Waals surface area (Å²) in [5.41, 5.74) is 0. The van der Waals surface area contributed by atoms with Gasteiger partial charge >= 0.3 is 11.9 Å². The molecule has 2 atom stereocenters. The summed E-state index contributed by atoms with van der Waals surface area (Å²) in [5, 5.41) is 8.98. The van der Waals surface area contributed by atoms with Gasteiger partial charge in [0.2, 0.25) is 0 Å². The van der Waals surface area contributed by atoms with E-state index in [0.717, 1.165) is 19.3 Å². The molecular weight excluding hydrogens is 196 g/mol. The average molecular weight is 214 g/mol. The van der Waals surface area contributed by atoms with Crippen LogP contribution in [-0.2, 0) is 14.3 Å². The van der Waals surface area contributed by atoms with Gasteiger partial charge in [0.1, 0.15) is 0 Å². The Morgan fingerprint density at radius 1 is 1.27 bits per heavy atom. The average Bonchev–Trinajstić information content (AvgIpc) is 2.25. The summed E-state index contributed by atoms with van der Waals surface area (Å²) in [5.74, 6) is -2.16. The van der Waals surface area contributed by atoms with Crippen molar-refractivity contribution in [2.45, 2.75) is 39.0 Å². The van der Waals surface area contributed by atoms with E-state index in [-0.39, 0.29) is 5.97 Å². The van der Waals surface area contributed by atoms with Crippen molar-refractivity contribution < 1.29 is 19.4 Å². The van der Waals surface area contributed by atoms with Crippen LogP contribution in [0.4, 0.5) is 0 Å². The lowest BCUT2D eigenvalue weighted by Gasteiger charge is -2.26. The normalized spacial score (nSPS) is 25.9. The number of hydrogen-bond acceptors (Lipinski definition) is 3. The second kappa shape index (κ2) is 5.73. The molecule has 0 spiro atoms. The van der Waals surface area contributed by atoms with E-state index in [1.165, 1.54) is 0 Å². The van der Waals surface area contributed by atoms with Crippen LogP contribution in [0.2, 0.25) is 0 Å². The van der Waals surface area contributed by atoms with E-state index < -0.39 is 17.8 Å². The first-order chi connectivity index (χ1) is 7.16. The van der Waals surface area contributed by atoms with Crippen molar-refractivity contribution in [3.05, 3.63) is 0 Å². The zero-order valence-electron chi connectivity index (χ0n) is 9.07. The summed E-state index contributed by atoms with van der Waals surface area (Å²) < 4.78 is 5.01. The lowest BCUT2D eigenvalue weighted by Crippen LogP contribution is -2.33. The highest BCUT2D eigenvalue weighted by atomic mass is 16.5. The van der Waals surface area contributed by atoms with Crippen LogP contribution in [0, 0.1) is 11.8 Å². The zero-order valence-corrected chi connectivity index (χ0v) is 9.07. The predicted octanol–water partition coefficient (Wildman–Crippen LogP) is 1.83.